The molecular weight excluding hydrogens is 436 g/mol. The van der Waals surface area contributed by atoms with Crippen molar-refractivity contribution in [2.75, 3.05) is 18.5 Å². The summed E-state index contributed by atoms with van der Waals surface area (Å²) in [7, 11) is 0. The van der Waals surface area contributed by atoms with Gasteiger partial charge in [0, 0.05) is 17.9 Å². The molecule has 4 aromatic rings. The van der Waals surface area contributed by atoms with Gasteiger partial charge in [0.25, 0.3) is 0 Å². The summed E-state index contributed by atoms with van der Waals surface area (Å²) in [5.41, 5.74) is 3.75. The van der Waals surface area contributed by atoms with Crippen molar-refractivity contribution in [3.05, 3.63) is 71.9 Å². The maximum absolute atomic E-state index is 12.7. The summed E-state index contributed by atoms with van der Waals surface area (Å²) in [6.45, 7) is 8.67. The van der Waals surface area contributed by atoms with E-state index < -0.39 is 0 Å². The number of fused-ring (bicyclic) bond motifs is 2. The molecule has 7 nitrogen and oxygen atoms in total. The number of hydrogen-bond acceptors (Lipinski definition) is 6. The average molecular weight is 461 g/mol. The molecule has 0 radical (unpaired) electrons. The van der Waals surface area contributed by atoms with Crippen molar-refractivity contribution in [1.82, 2.24) is 14.8 Å². The molecule has 1 aliphatic heterocycles. The number of anilines is 1. The standard InChI is InChI=1S/C25H24N4O3S/c1-4-11-32-17-8-6-7-16(12-17)19-14-22(30)27-24-23(19)15(3)28-29(24)25-26-20-10-9-18(31-5-2)13-21(20)33-25/h4,6-10,12-13,19H,1,5,11,14H2,2-3H3,(H,27,30). The topological polar surface area (TPSA) is 78.3 Å². The van der Waals surface area contributed by atoms with E-state index in [1.165, 1.54) is 11.3 Å². The molecule has 0 spiro atoms. The van der Waals surface area contributed by atoms with E-state index in [4.69, 9.17) is 19.6 Å². The SMILES string of the molecule is C=CCOc1cccc(C2CC(=O)Nc3c2c(C)nn3-c2nc3ccc(OCC)cc3s2)c1. The lowest BCUT2D eigenvalue weighted by Crippen LogP contribution is -2.25. The number of hydrogen-bond donors (Lipinski definition) is 1. The first-order valence-corrected chi connectivity index (χ1v) is 11.7. The number of nitrogens with one attached hydrogen (secondary N) is 1. The van der Waals surface area contributed by atoms with Crippen LogP contribution in [-0.4, -0.2) is 33.9 Å². The van der Waals surface area contributed by atoms with Gasteiger partial charge in [0.15, 0.2) is 0 Å². The maximum atomic E-state index is 12.7. The highest BCUT2D eigenvalue weighted by atomic mass is 32.1. The summed E-state index contributed by atoms with van der Waals surface area (Å²) in [5.74, 6) is 2.07. The number of amides is 1. The van der Waals surface area contributed by atoms with Crippen molar-refractivity contribution < 1.29 is 14.3 Å². The molecule has 1 N–H and O–H groups in total. The van der Waals surface area contributed by atoms with E-state index in [-0.39, 0.29) is 11.8 Å². The number of benzene rings is 2. The van der Waals surface area contributed by atoms with Gasteiger partial charge in [-0.05, 0) is 49.7 Å². The van der Waals surface area contributed by atoms with Gasteiger partial charge in [0.05, 0.1) is 22.5 Å². The van der Waals surface area contributed by atoms with Crippen molar-refractivity contribution in [3.63, 3.8) is 0 Å². The van der Waals surface area contributed by atoms with Crippen LogP contribution in [0.5, 0.6) is 11.5 Å². The van der Waals surface area contributed by atoms with Gasteiger partial charge in [-0.2, -0.15) is 9.78 Å². The molecule has 0 aliphatic carbocycles. The summed E-state index contributed by atoms with van der Waals surface area (Å²) in [6, 6.07) is 13.7. The summed E-state index contributed by atoms with van der Waals surface area (Å²) < 4.78 is 14.1. The normalized spacial score (nSPS) is 15.2. The van der Waals surface area contributed by atoms with Crippen LogP contribution in [0, 0.1) is 6.92 Å². The molecule has 3 heterocycles. The number of nitrogens with zero attached hydrogens (tertiary/aromatic N) is 3. The van der Waals surface area contributed by atoms with Gasteiger partial charge in [-0.1, -0.05) is 36.1 Å². The van der Waals surface area contributed by atoms with Crippen LogP contribution in [0.15, 0.2) is 55.1 Å². The second kappa shape index (κ2) is 8.71. The molecule has 168 valence electrons. The Morgan fingerprint density at radius 3 is 2.91 bits per heavy atom. The van der Waals surface area contributed by atoms with Gasteiger partial charge >= 0.3 is 0 Å². The summed E-state index contributed by atoms with van der Waals surface area (Å²) in [5, 5.41) is 8.51. The molecule has 0 saturated carbocycles. The first-order chi connectivity index (χ1) is 16.1. The predicted octanol–water partition coefficient (Wildman–Crippen LogP) is 5.23. The van der Waals surface area contributed by atoms with E-state index in [1.807, 2.05) is 56.3 Å². The van der Waals surface area contributed by atoms with Crippen molar-refractivity contribution in [2.45, 2.75) is 26.2 Å². The van der Waals surface area contributed by atoms with Crippen LogP contribution in [0.2, 0.25) is 0 Å². The third-order valence-electron chi connectivity index (χ3n) is 5.57. The van der Waals surface area contributed by atoms with E-state index in [0.29, 0.717) is 30.6 Å². The van der Waals surface area contributed by atoms with E-state index in [9.17, 15) is 4.79 Å². The Balaban J connectivity index is 1.57. The molecule has 0 fully saturated rings. The highest BCUT2D eigenvalue weighted by Gasteiger charge is 2.33. The van der Waals surface area contributed by atoms with Crippen molar-refractivity contribution in [1.29, 1.82) is 0 Å². The van der Waals surface area contributed by atoms with Crippen LogP contribution >= 0.6 is 11.3 Å². The minimum absolute atomic E-state index is 0.0502. The first-order valence-electron chi connectivity index (χ1n) is 10.8. The molecule has 0 saturated heterocycles. The van der Waals surface area contributed by atoms with Gasteiger partial charge in [-0.25, -0.2) is 4.98 Å². The summed E-state index contributed by atoms with van der Waals surface area (Å²) in [4.78, 5) is 17.5. The van der Waals surface area contributed by atoms with Crippen LogP contribution in [-0.2, 0) is 4.79 Å². The Bertz CT molecular complexity index is 1360. The molecule has 5 rings (SSSR count). The van der Waals surface area contributed by atoms with E-state index in [1.54, 1.807) is 10.8 Å². The zero-order valence-corrected chi connectivity index (χ0v) is 19.3. The van der Waals surface area contributed by atoms with E-state index in [2.05, 4.69) is 11.9 Å². The number of aromatic nitrogens is 3. The summed E-state index contributed by atoms with van der Waals surface area (Å²) in [6.07, 6.45) is 2.06. The zero-order valence-electron chi connectivity index (χ0n) is 18.5. The van der Waals surface area contributed by atoms with E-state index >= 15 is 0 Å². The molecule has 0 bridgehead atoms. The van der Waals surface area contributed by atoms with Gasteiger partial charge in [-0.15, -0.1) is 0 Å². The predicted molar refractivity (Wildman–Crippen MR) is 130 cm³/mol. The Labute approximate surface area is 195 Å². The van der Waals surface area contributed by atoms with Crippen LogP contribution in [0.1, 0.15) is 36.1 Å². The minimum Gasteiger partial charge on any atom is -0.494 e. The minimum atomic E-state index is -0.117. The molecule has 33 heavy (non-hydrogen) atoms. The smallest absolute Gasteiger partial charge is 0.226 e. The molecule has 2 aromatic carbocycles. The lowest BCUT2D eigenvalue weighted by atomic mass is 9.86. The van der Waals surface area contributed by atoms with E-state index in [0.717, 1.165) is 38.5 Å². The highest BCUT2D eigenvalue weighted by molar-refractivity contribution is 7.20. The third-order valence-corrected chi connectivity index (χ3v) is 6.57. The Morgan fingerprint density at radius 1 is 1.24 bits per heavy atom. The Kier molecular flexibility index (Phi) is 5.60. The van der Waals surface area contributed by atoms with Gasteiger partial charge in [-0.3, -0.25) is 4.79 Å². The number of ether oxygens (including phenoxy) is 2. The van der Waals surface area contributed by atoms with Crippen LogP contribution in [0.4, 0.5) is 5.82 Å². The molecule has 2 aromatic heterocycles. The molecule has 1 unspecified atom stereocenters. The van der Waals surface area contributed by atoms with Gasteiger partial charge in [0.1, 0.15) is 23.9 Å². The molecule has 1 amide bonds. The second-order valence-electron chi connectivity index (χ2n) is 7.80. The fourth-order valence-corrected chi connectivity index (χ4v) is 5.14. The zero-order chi connectivity index (χ0) is 22.9. The van der Waals surface area contributed by atoms with Crippen molar-refractivity contribution in [2.24, 2.45) is 0 Å². The second-order valence-corrected chi connectivity index (χ2v) is 8.80. The third kappa shape index (κ3) is 3.98. The summed E-state index contributed by atoms with van der Waals surface area (Å²) >= 11 is 1.52. The quantitative estimate of drug-likeness (QED) is 0.382. The fourth-order valence-electron chi connectivity index (χ4n) is 4.19. The lowest BCUT2D eigenvalue weighted by molar-refractivity contribution is -0.116. The van der Waals surface area contributed by atoms with Crippen molar-refractivity contribution >= 4 is 33.3 Å². The van der Waals surface area contributed by atoms with Crippen LogP contribution in [0.3, 0.4) is 0 Å². The number of thiazole rings is 1. The van der Waals surface area contributed by atoms with Crippen LogP contribution in [0.25, 0.3) is 15.3 Å². The van der Waals surface area contributed by atoms with Crippen molar-refractivity contribution in [3.8, 4) is 16.6 Å². The fraction of sp³-hybridized carbons (Fsp3) is 0.240. The Morgan fingerprint density at radius 2 is 2.09 bits per heavy atom. The number of carbonyl (C=O) groups is 1. The Hall–Kier alpha value is -3.65. The molecule has 1 atom stereocenters. The first kappa shape index (κ1) is 21.2. The highest BCUT2D eigenvalue weighted by Crippen LogP contribution is 2.42. The lowest BCUT2D eigenvalue weighted by Gasteiger charge is -2.24. The molecular formula is C25H24N4O3S. The van der Waals surface area contributed by atoms with Gasteiger partial charge < -0.3 is 14.8 Å². The van der Waals surface area contributed by atoms with Crippen LogP contribution < -0.4 is 14.8 Å². The monoisotopic (exact) mass is 460 g/mol. The van der Waals surface area contributed by atoms with Gasteiger partial charge in [0.2, 0.25) is 11.0 Å². The molecule has 8 heteroatoms. The largest absolute Gasteiger partial charge is 0.494 e. The average Bonchev–Trinajstić information content (AvgIpc) is 3.38. The maximum Gasteiger partial charge on any atom is 0.226 e. The number of aryl methyl sites for hydroxylation is 1. The number of carbonyl (C=O) groups excluding carboxylic acids is 1. The number of rotatable bonds is 7. The molecule has 1 aliphatic rings.